The van der Waals surface area contributed by atoms with Crippen molar-refractivity contribution in [1.29, 1.82) is 0 Å². The third-order valence-corrected chi connectivity index (χ3v) is 3.32. The van der Waals surface area contributed by atoms with Crippen LogP contribution in [0.5, 0.6) is 5.75 Å². The first-order valence-corrected chi connectivity index (χ1v) is 6.99. The first kappa shape index (κ1) is 21.0. The summed E-state index contributed by atoms with van der Waals surface area (Å²) in [6.45, 7) is 5.55. The average Bonchev–Trinajstić information content (AvgIpc) is 2.48. The topological polar surface area (TPSA) is 50.8 Å². The van der Waals surface area contributed by atoms with Gasteiger partial charge in [0, 0.05) is 32.7 Å². The predicted octanol–water partition coefficient (Wildman–Crippen LogP) is 1.88. The summed E-state index contributed by atoms with van der Waals surface area (Å²) in [5, 5.41) is 3.35. The molecule has 7 heteroatoms. The monoisotopic (exact) mass is 350 g/mol. The Morgan fingerprint density at radius 1 is 1.27 bits per heavy atom. The minimum Gasteiger partial charge on any atom is -0.493 e. The molecule has 126 valence electrons. The highest BCUT2D eigenvalue weighted by Crippen LogP contribution is 2.15. The Morgan fingerprint density at radius 2 is 2.00 bits per heavy atom. The van der Waals surface area contributed by atoms with Gasteiger partial charge in [-0.1, -0.05) is 12.1 Å². The summed E-state index contributed by atoms with van der Waals surface area (Å²) in [5.41, 5.74) is 1.24. The van der Waals surface area contributed by atoms with Crippen molar-refractivity contribution in [2.75, 3.05) is 39.9 Å². The van der Waals surface area contributed by atoms with Gasteiger partial charge >= 0.3 is 5.97 Å². The van der Waals surface area contributed by atoms with Crippen LogP contribution in [-0.2, 0) is 16.1 Å². The number of halogens is 2. The lowest BCUT2D eigenvalue weighted by molar-refractivity contribution is -0.141. The molecule has 1 heterocycles. The fraction of sp³-hybridized carbons (Fsp3) is 0.533. The van der Waals surface area contributed by atoms with E-state index in [0.717, 1.165) is 38.5 Å². The molecule has 1 aromatic rings. The maximum atomic E-state index is 11.0. The van der Waals surface area contributed by atoms with Gasteiger partial charge < -0.3 is 14.8 Å². The molecule has 1 saturated heterocycles. The maximum absolute atomic E-state index is 11.0. The lowest BCUT2D eigenvalue weighted by Crippen LogP contribution is -2.42. The van der Waals surface area contributed by atoms with Crippen molar-refractivity contribution in [1.82, 2.24) is 10.2 Å². The number of benzene rings is 1. The number of nitrogens with one attached hydrogen (secondary N) is 1. The molecular formula is C15H24Cl2N2O3. The number of esters is 1. The summed E-state index contributed by atoms with van der Waals surface area (Å²) in [4.78, 5) is 13.4. The molecule has 1 N–H and O–H groups in total. The SMILES string of the molecule is COC(=O)CCOc1cccc(CN2CCNCC2)c1.Cl.Cl. The normalized spacial score (nSPS) is 14.4. The van der Waals surface area contributed by atoms with Crippen molar-refractivity contribution in [2.45, 2.75) is 13.0 Å². The molecule has 1 aliphatic heterocycles. The second kappa shape index (κ2) is 11.5. The fourth-order valence-corrected chi connectivity index (χ4v) is 2.22. The minimum absolute atomic E-state index is 0. The van der Waals surface area contributed by atoms with Gasteiger partial charge in [-0.15, -0.1) is 24.8 Å². The van der Waals surface area contributed by atoms with Crippen LogP contribution in [0.2, 0.25) is 0 Å². The first-order chi connectivity index (χ1) is 9.78. The zero-order valence-electron chi connectivity index (χ0n) is 12.7. The Bertz CT molecular complexity index is 441. The number of piperazine rings is 1. The van der Waals surface area contributed by atoms with E-state index in [1.807, 2.05) is 18.2 Å². The van der Waals surface area contributed by atoms with Crippen LogP contribution in [0.25, 0.3) is 0 Å². The van der Waals surface area contributed by atoms with Crippen LogP contribution in [-0.4, -0.2) is 50.8 Å². The van der Waals surface area contributed by atoms with Crippen molar-refractivity contribution >= 4 is 30.8 Å². The van der Waals surface area contributed by atoms with E-state index in [4.69, 9.17) is 4.74 Å². The van der Waals surface area contributed by atoms with Gasteiger partial charge in [0.1, 0.15) is 5.75 Å². The fourth-order valence-electron chi connectivity index (χ4n) is 2.22. The number of ether oxygens (including phenoxy) is 2. The molecule has 0 aromatic heterocycles. The Kier molecular flexibility index (Phi) is 11.0. The molecule has 0 atom stereocenters. The van der Waals surface area contributed by atoms with E-state index < -0.39 is 0 Å². The van der Waals surface area contributed by atoms with Crippen LogP contribution < -0.4 is 10.1 Å². The van der Waals surface area contributed by atoms with Gasteiger partial charge in [-0.3, -0.25) is 9.69 Å². The summed E-state index contributed by atoms with van der Waals surface area (Å²) in [5.74, 6) is 0.559. The van der Waals surface area contributed by atoms with Crippen LogP contribution in [0.15, 0.2) is 24.3 Å². The largest absolute Gasteiger partial charge is 0.493 e. The molecule has 0 aliphatic carbocycles. The standard InChI is InChI=1S/C15H22N2O3.2ClH/c1-19-15(18)5-10-20-14-4-2-3-13(11-14)12-17-8-6-16-7-9-17;;/h2-4,11,16H,5-10,12H2,1H3;2*1H. The van der Waals surface area contributed by atoms with E-state index in [2.05, 4.69) is 21.0 Å². The third kappa shape index (κ3) is 7.31. The van der Waals surface area contributed by atoms with Gasteiger partial charge in [0.25, 0.3) is 0 Å². The molecule has 1 fully saturated rings. The third-order valence-electron chi connectivity index (χ3n) is 3.32. The number of hydrogen-bond donors (Lipinski definition) is 1. The van der Waals surface area contributed by atoms with Gasteiger partial charge in [-0.25, -0.2) is 0 Å². The van der Waals surface area contributed by atoms with E-state index >= 15 is 0 Å². The van der Waals surface area contributed by atoms with Gasteiger partial charge in [0.2, 0.25) is 0 Å². The van der Waals surface area contributed by atoms with Gasteiger partial charge in [0.05, 0.1) is 20.1 Å². The molecule has 1 aliphatic rings. The number of nitrogens with zero attached hydrogens (tertiary/aromatic N) is 1. The Balaban J connectivity index is 0.00000220. The number of carbonyl (C=O) groups excluding carboxylic acids is 1. The van der Waals surface area contributed by atoms with Crippen molar-refractivity contribution in [2.24, 2.45) is 0 Å². The number of hydrogen-bond acceptors (Lipinski definition) is 5. The second-order valence-corrected chi connectivity index (χ2v) is 4.85. The average molecular weight is 351 g/mol. The Morgan fingerprint density at radius 3 is 2.68 bits per heavy atom. The highest BCUT2D eigenvalue weighted by atomic mass is 35.5. The zero-order valence-corrected chi connectivity index (χ0v) is 14.4. The zero-order chi connectivity index (χ0) is 14.2. The molecule has 0 amide bonds. The smallest absolute Gasteiger partial charge is 0.308 e. The number of rotatable bonds is 6. The Labute approximate surface area is 144 Å². The molecule has 22 heavy (non-hydrogen) atoms. The van der Waals surface area contributed by atoms with Crippen molar-refractivity contribution < 1.29 is 14.3 Å². The quantitative estimate of drug-likeness (QED) is 0.793. The van der Waals surface area contributed by atoms with Gasteiger partial charge in [-0.2, -0.15) is 0 Å². The van der Waals surface area contributed by atoms with Crippen LogP contribution in [0.3, 0.4) is 0 Å². The Hall–Kier alpha value is -1.01. The van der Waals surface area contributed by atoms with E-state index in [-0.39, 0.29) is 37.2 Å². The number of carbonyl (C=O) groups is 1. The number of methoxy groups -OCH3 is 1. The first-order valence-electron chi connectivity index (χ1n) is 6.99. The predicted molar refractivity (Wildman–Crippen MR) is 91.2 cm³/mol. The van der Waals surface area contributed by atoms with Crippen LogP contribution in [0.4, 0.5) is 0 Å². The molecule has 0 spiro atoms. The van der Waals surface area contributed by atoms with Gasteiger partial charge in [0.15, 0.2) is 0 Å². The molecule has 0 bridgehead atoms. The van der Waals surface area contributed by atoms with Crippen LogP contribution >= 0.6 is 24.8 Å². The minimum atomic E-state index is -0.248. The molecule has 1 aromatic carbocycles. The maximum Gasteiger partial charge on any atom is 0.308 e. The molecular weight excluding hydrogens is 327 g/mol. The summed E-state index contributed by atoms with van der Waals surface area (Å²) in [6, 6.07) is 8.05. The molecule has 0 unspecified atom stereocenters. The molecule has 0 radical (unpaired) electrons. The van der Waals surface area contributed by atoms with Gasteiger partial charge in [-0.05, 0) is 17.7 Å². The summed E-state index contributed by atoms with van der Waals surface area (Å²) in [6.07, 6.45) is 0.276. The highest BCUT2D eigenvalue weighted by molar-refractivity contribution is 5.85. The van der Waals surface area contributed by atoms with E-state index in [9.17, 15) is 4.79 Å². The summed E-state index contributed by atoms with van der Waals surface area (Å²) >= 11 is 0. The van der Waals surface area contributed by atoms with E-state index in [1.54, 1.807) is 0 Å². The molecule has 0 saturated carbocycles. The highest BCUT2D eigenvalue weighted by Gasteiger charge is 2.10. The lowest BCUT2D eigenvalue weighted by atomic mass is 10.2. The summed E-state index contributed by atoms with van der Waals surface area (Å²) < 4.78 is 10.2. The lowest BCUT2D eigenvalue weighted by Gasteiger charge is -2.27. The molecule has 5 nitrogen and oxygen atoms in total. The van der Waals surface area contributed by atoms with Crippen LogP contribution in [0, 0.1) is 0 Å². The van der Waals surface area contributed by atoms with Crippen LogP contribution in [0.1, 0.15) is 12.0 Å². The van der Waals surface area contributed by atoms with E-state index in [0.29, 0.717) is 6.61 Å². The summed E-state index contributed by atoms with van der Waals surface area (Å²) in [7, 11) is 1.39. The van der Waals surface area contributed by atoms with Crippen molar-refractivity contribution in [3.05, 3.63) is 29.8 Å². The van der Waals surface area contributed by atoms with Crippen molar-refractivity contribution in [3.63, 3.8) is 0 Å². The second-order valence-electron chi connectivity index (χ2n) is 4.85. The molecule has 2 rings (SSSR count). The van der Waals surface area contributed by atoms with E-state index in [1.165, 1.54) is 12.7 Å². The van der Waals surface area contributed by atoms with Crippen molar-refractivity contribution in [3.8, 4) is 5.75 Å².